The molecule has 0 saturated heterocycles. The van der Waals surface area contributed by atoms with Gasteiger partial charge in [-0.3, -0.25) is 4.79 Å². The number of aromatic nitrogens is 4. The van der Waals surface area contributed by atoms with Crippen molar-refractivity contribution < 1.29 is 19.1 Å². The van der Waals surface area contributed by atoms with Crippen LogP contribution in [0.1, 0.15) is 63.6 Å². The molecule has 180 valence electrons. The molecule has 3 aromatic rings. The summed E-state index contributed by atoms with van der Waals surface area (Å²) < 4.78 is 13.5. The standard InChI is InChI=1S/C24H28ClN5O4/c1-14(16-12-26-29(13-16)18-8-17(25)9-19(10-18)33-5)22(31)27-21-11-20(15-6-7-15)28-30(21)23(32)34-24(2,3)4/h8-15H,6-7H2,1-5H3,(H,27,31). The number of hydrogen-bond acceptors (Lipinski definition) is 6. The van der Waals surface area contributed by atoms with Crippen LogP contribution in [0.15, 0.2) is 36.7 Å². The van der Waals surface area contributed by atoms with Gasteiger partial charge < -0.3 is 14.8 Å². The molecule has 2 aromatic heterocycles. The zero-order valence-electron chi connectivity index (χ0n) is 19.8. The highest BCUT2D eigenvalue weighted by Gasteiger charge is 2.31. The predicted octanol–water partition coefficient (Wildman–Crippen LogP) is 5.13. The number of carbonyl (C=O) groups is 2. The molecule has 1 aromatic carbocycles. The van der Waals surface area contributed by atoms with Crippen molar-refractivity contribution in [2.45, 2.75) is 58.0 Å². The van der Waals surface area contributed by atoms with E-state index in [0.717, 1.165) is 23.2 Å². The minimum absolute atomic E-state index is 0.292. The van der Waals surface area contributed by atoms with E-state index in [0.29, 0.717) is 33.8 Å². The van der Waals surface area contributed by atoms with E-state index in [9.17, 15) is 9.59 Å². The first kappa shape index (κ1) is 23.8. The summed E-state index contributed by atoms with van der Waals surface area (Å²) in [5, 5.41) is 12.1. The Morgan fingerprint density at radius 1 is 1.21 bits per heavy atom. The molecule has 1 N–H and O–H groups in total. The van der Waals surface area contributed by atoms with E-state index < -0.39 is 17.6 Å². The summed E-state index contributed by atoms with van der Waals surface area (Å²) in [6, 6.07) is 7.00. The SMILES string of the molecule is COc1cc(Cl)cc(-n2cc(C(C)C(=O)Nc3cc(C4CC4)nn3C(=O)OC(C)(C)C)cn2)c1. The van der Waals surface area contributed by atoms with E-state index >= 15 is 0 Å². The molecule has 1 aliphatic rings. The highest BCUT2D eigenvalue weighted by atomic mass is 35.5. The van der Waals surface area contributed by atoms with Crippen LogP contribution in [0.5, 0.6) is 5.75 Å². The molecule has 0 radical (unpaired) electrons. The minimum atomic E-state index is -0.686. The Morgan fingerprint density at radius 2 is 1.94 bits per heavy atom. The third-order valence-electron chi connectivity index (χ3n) is 5.39. The number of hydrogen-bond donors (Lipinski definition) is 1. The van der Waals surface area contributed by atoms with Crippen molar-refractivity contribution in [1.29, 1.82) is 0 Å². The number of ether oxygens (including phenoxy) is 2. The van der Waals surface area contributed by atoms with Crippen LogP contribution in [0, 0.1) is 0 Å². The molecular weight excluding hydrogens is 458 g/mol. The quantitative estimate of drug-likeness (QED) is 0.519. The number of halogens is 1. The molecule has 0 aliphatic heterocycles. The lowest BCUT2D eigenvalue weighted by Crippen LogP contribution is -2.29. The Labute approximate surface area is 203 Å². The van der Waals surface area contributed by atoms with Crippen LogP contribution in [0.2, 0.25) is 5.02 Å². The molecule has 0 bridgehead atoms. The molecule has 34 heavy (non-hydrogen) atoms. The minimum Gasteiger partial charge on any atom is -0.497 e. The van der Waals surface area contributed by atoms with E-state index in [1.807, 2.05) is 0 Å². The smallest absolute Gasteiger partial charge is 0.437 e. The van der Waals surface area contributed by atoms with E-state index in [2.05, 4.69) is 15.5 Å². The molecule has 4 rings (SSSR count). The molecule has 10 heteroatoms. The number of amides is 1. The Balaban J connectivity index is 1.53. The summed E-state index contributed by atoms with van der Waals surface area (Å²) in [5.41, 5.74) is 1.49. The lowest BCUT2D eigenvalue weighted by molar-refractivity contribution is -0.117. The van der Waals surface area contributed by atoms with Crippen LogP contribution in [-0.4, -0.2) is 44.3 Å². The van der Waals surface area contributed by atoms with Crippen LogP contribution in [0.3, 0.4) is 0 Å². The van der Waals surface area contributed by atoms with Gasteiger partial charge in [0.1, 0.15) is 17.2 Å². The number of rotatable bonds is 6. The van der Waals surface area contributed by atoms with Crippen LogP contribution in [0.4, 0.5) is 10.6 Å². The fourth-order valence-corrected chi connectivity index (χ4v) is 3.62. The topological polar surface area (TPSA) is 100 Å². The molecule has 1 unspecified atom stereocenters. The van der Waals surface area contributed by atoms with Gasteiger partial charge in [0.15, 0.2) is 0 Å². The molecular formula is C24H28ClN5O4. The van der Waals surface area contributed by atoms with Gasteiger partial charge in [-0.15, -0.1) is 4.68 Å². The predicted molar refractivity (Wildman–Crippen MR) is 128 cm³/mol. The van der Waals surface area contributed by atoms with Gasteiger partial charge in [0.05, 0.1) is 30.6 Å². The highest BCUT2D eigenvalue weighted by Crippen LogP contribution is 2.40. The largest absolute Gasteiger partial charge is 0.497 e. The summed E-state index contributed by atoms with van der Waals surface area (Å²) >= 11 is 6.17. The number of anilines is 1. The van der Waals surface area contributed by atoms with Crippen LogP contribution < -0.4 is 10.1 Å². The maximum Gasteiger partial charge on any atom is 0.437 e. The lowest BCUT2D eigenvalue weighted by atomic mass is 10.0. The summed E-state index contributed by atoms with van der Waals surface area (Å²) in [7, 11) is 1.56. The maximum absolute atomic E-state index is 13.1. The fourth-order valence-electron chi connectivity index (χ4n) is 3.40. The number of nitrogens with one attached hydrogen (secondary N) is 1. The van der Waals surface area contributed by atoms with E-state index in [1.54, 1.807) is 76.1 Å². The van der Waals surface area contributed by atoms with Gasteiger partial charge in [-0.2, -0.15) is 10.2 Å². The Kier molecular flexibility index (Phi) is 6.40. The van der Waals surface area contributed by atoms with Crippen molar-refractivity contribution in [3.63, 3.8) is 0 Å². The van der Waals surface area contributed by atoms with Crippen molar-refractivity contribution in [2.75, 3.05) is 12.4 Å². The van der Waals surface area contributed by atoms with Crippen molar-refractivity contribution in [3.8, 4) is 11.4 Å². The lowest BCUT2D eigenvalue weighted by Gasteiger charge is -2.20. The normalized spacial score (nSPS) is 14.5. The molecule has 1 fully saturated rings. The Morgan fingerprint density at radius 3 is 2.59 bits per heavy atom. The first-order valence-electron chi connectivity index (χ1n) is 11.1. The average molecular weight is 486 g/mol. The second-order valence-electron chi connectivity index (χ2n) is 9.40. The Hall–Kier alpha value is -3.33. The highest BCUT2D eigenvalue weighted by molar-refractivity contribution is 6.30. The third kappa shape index (κ3) is 5.41. The zero-order valence-corrected chi connectivity index (χ0v) is 20.6. The second-order valence-corrected chi connectivity index (χ2v) is 9.84. The van der Waals surface area contributed by atoms with Crippen molar-refractivity contribution in [3.05, 3.63) is 52.9 Å². The molecule has 1 atom stereocenters. The third-order valence-corrected chi connectivity index (χ3v) is 5.61. The molecule has 1 aliphatic carbocycles. The van der Waals surface area contributed by atoms with Gasteiger partial charge >= 0.3 is 6.09 Å². The van der Waals surface area contributed by atoms with Crippen molar-refractivity contribution in [2.24, 2.45) is 0 Å². The maximum atomic E-state index is 13.1. The van der Waals surface area contributed by atoms with Crippen LogP contribution in [-0.2, 0) is 9.53 Å². The molecule has 0 spiro atoms. The number of benzene rings is 1. The first-order valence-corrected chi connectivity index (χ1v) is 11.5. The van der Waals surface area contributed by atoms with Gasteiger partial charge in [0.2, 0.25) is 5.91 Å². The van der Waals surface area contributed by atoms with Gasteiger partial charge in [0.25, 0.3) is 0 Å². The van der Waals surface area contributed by atoms with Gasteiger partial charge in [-0.1, -0.05) is 11.6 Å². The molecule has 1 amide bonds. The second kappa shape index (κ2) is 9.13. The van der Waals surface area contributed by atoms with Gasteiger partial charge in [0, 0.05) is 34.8 Å². The Bertz CT molecular complexity index is 1220. The van der Waals surface area contributed by atoms with Crippen molar-refractivity contribution >= 4 is 29.4 Å². The zero-order chi connectivity index (χ0) is 24.6. The number of carbonyl (C=O) groups excluding carboxylic acids is 2. The summed E-state index contributed by atoms with van der Waals surface area (Å²) in [6.07, 6.45) is 4.78. The number of nitrogens with zero attached hydrogens (tertiary/aromatic N) is 4. The summed E-state index contributed by atoms with van der Waals surface area (Å²) in [4.78, 5) is 25.8. The van der Waals surface area contributed by atoms with Gasteiger partial charge in [-0.05, 0) is 52.7 Å². The average Bonchev–Trinajstić information content (AvgIpc) is 3.33. The van der Waals surface area contributed by atoms with E-state index in [4.69, 9.17) is 21.1 Å². The van der Waals surface area contributed by atoms with Crippen LogP contribution in [0.25, 0.3) is 5.69 Å². The number of methoxy groups -OCH3 is 1. The van der Waals surface area contributed by atoms with Crippen molar-refractivity contribution in [1.82, 2.24) is 19.6 Å². The fraction of sp³-hybridized carbons (Fsp3) is 0.417. The molecule has 2 heterocycles. The van der Waals surface area contributed by atoms with E-state index in [1.165, 1.54) is 0 Å². The molecule has 1 saturated carbocycles. The van der Waals surface area contributed by atoms with Crippen LogP contribution >= 0.6 is 11.6 Å². The van der Waals surface area contributed by atoms with Gasteiger partial charge in [-0.25, -0.2) is 9.48 Å². The molecule has 9 nitrogen and oxygen atoms in total. The summed E-state index contributed by atoms with van der Waals surface area (Å²) in [6.45, 7) is 7.11. The summed E-state index contributed by atoms with van der Waals surface area (Å²) in [5.74, 6) is 0.369. The monoisotopic (exact) mass is 485 g/mol. The first-order chi connectivity index (χ1) is 16.0. The van der Waals surface area contributed by atoms with E-state index in [-0.39, 0.29) is 5.91 Å².